The third-order valence-corrected chi connectivity index (χ3v) is 5.22. The van der Waals surface area contributed by atoms with Crippen LogP contribution in [-0.2, 0) is 0 Å². The predicted octanol–water partition coefficient (Wildman–Crippen LogP) is 2.68. The van der Waals surface area contributed by atoms with Gasteiger partial charge < -0.3 is 5.32 Å². The van der Waals surface area contributed by atoms with Gasteiger partial charge in [-0.1, -0.05) is 0 Å². The summed E-state index contributed by atoms with van der Waals surface area (Å²) in [6, 6.07) is 8.02. The van der Waals surface area contributed by atoms with Crippen molar-refractivity contribution in [3.05, 3.63) is 35.2 Å². The average Bonchev–Trinajstić information content (AvgIpc) is 3.13. The number of hydrogen-bond donors (Lipinski definition) is 1. The first-order valence-electron chi connectivity index (χ1n) is 6.82. The molecule has 4 heteroatoms. The largest absolute Gasteiger partial charge is 0.336 e. The van der Waals surface area contributed by atoms with Gasteiger partial charge >= 0.3 is 0 Å². The smallest absolute Gasteiger partial charge is 0.252 e. The first-order valence-corrected chi connectivity index (χ1v) is 7.70. The fourth-order valence-corrected chi connectivity index (χ4v) is 4.07. The van der Waals surface area contributed by atoms with Gasteiger partial charge in [0.25, 0.3) is 5.91 Å². The predicted molar refractivity (Wildman–Crippen MR) is 77.4 cm³/mol. The highest BCUT2D eigenvalue weighted by molar-refractivity contribution is 7.17. The molecule has 1 N–H and O–H groups in total. The van der Waals surface area contributed by atoms with Crippen LogP contribution in [0.15, 0.2) is 29.6 Å². The second-order valence-electron chi connectivity index (χ2n) is 5.55. The minimum absolute atomic E-state index is 0.0608. The Morgan fingerprint density at radius 1 is 1.37 bits per heavy atom. The van der Waals surface area contributed by atoms with E-state index in [9.17, 15) is 4.79 Å². The van der Waals surface area contributed by atoms with Crippen LogP contribution in [0.2, 0.25) is 0 Å². The summed E-state index contributed by atoms with van der Waals surface area (Å²) in [6.45, 7) is 2.30. The van der Waals surface area contributed by atoms with Crippen molar-refractivity contribution in [2.75, 3.05) is 13.1 Å². The van der Waals surface area contributed by atoms with Crippen LogP contribution in [-0.4, -0.2) is 30.1 Å². The van der Waals surface area contributed by atoms with Crippen molar-refractivity contribution >= 4 is 27.3 Å². The van der Waals surface area contributed by atoms with Crippen LogP contribution < -0.4 is 5.32 Å². The van der Waals surface area contributed by atoms with Crippen LogP contribution >= 0.6 is 11.3 Å². The Hall–Kier alpha value is -1.39. The molecule has 0 aliphatic carbocycles. The quantitative estimate of drug-likeness (QED) is 0.911. The highest BCUT2D eigenvalue weighted by atomic mass is 32.1. The minimum Gasteiger partial charge on any atom is -0.336 e. The lowest BCUT2D eigenvalue weighted by molar-refractivity contribution is 0.0883. The number of carbonyl (C=O) groups is 1. The number of rotatable bonds is 2. The van der Waals surface area contributed by atoms with E-state index in [1.165, 1.54) is 11.1 Å². The summed E-state index contributed by atoms with van der Waals surface area (Å²) in [5, 5.41) is 6.40. The molecule has 3 heterocycles. The maximum Gasteiger partial charge on any atom is 0.252 e. The van der Waals surface area contributed by atoms with Crippen LogP contribution in [0.5, 0.6) is 0 Å². The Morgan fingerprint density at radius 3 is 3.11 bits per heavy atom. The molecule has 1 amide bonds. The molecule has 2 unspecified atom stereocenters. The van der Waals surface area contributed by atoms with Gasteiger partial charge in [0.1, 0.15) is 0 Å². The summed E-state index contributed by atoms with van der Waals surface area (Å²) in [5.74, 6) is 0.857. The topological polar surface area (TPSA) is 32.3 Å². The molecule has 2 aliphatic rings. The van der Waals surface area contributed by atoms with Crippen molar-refractivity contribution in [2.45, 2.75) is 19.0 Å². The number of nitrogens with one attached hydrogen (secondary N) is 1. The summed E-state index contributed by atoms with van der Waals surface area (Å²) in [5.41, 5.74) is 0.773. The van der Waals surface area contributed by atoms with Gasteiger partial charge in [-0.3, -0.25) is 9.69 Å². The van der Waals surface area contributed by atoms with Crippen molar-refractivity contribution in [1.82, 2.24) is 10.2 Å². The number of thiophene rings is 1. The highest BCUT2D eigenvalue weighted by Crippen LogP contribution is 2.31. The molecule has 0 saturated carbocycles. The van der Waals surface area contributed by atoms with Gasteiger partial charge in [-0.05, 0) is 53.8 Å². The van der Waals surface area contributed by atoms with Gasteiger partial charge in [-0.15, -0.1) is 11.3 Å². The molecule has 2 bridgehead atoms. The number of amides is 1. The molecule has 1 aromatic carbocycles. The van der Waals surface area contributed by atoms with Crippen molar-refractivity contribution in [3.8, 4) is 0 Å². The molecule has 2 aromatic rings. The molecule has 0 spiro atoms. The van der Waals surface area contributed by atoms with E-state index in [0.717, 1.165) is 36.4 Å². The van der Waals surface area contributed by atoms with E-state index < -0.39 is 0 Å². The Labute approximate surface area is 116 Å². The van der Waals surface area contributed by atoms with Gasteiger partial charge in [0.05, 0.1) is 6.17 Å². The first kappa shape index (κ1) is 11.4. The van der Waals surface area contributed by atoms with Crippen molar-refractivity contribution in [1.29, 1.82) is 0 Å². The fraction of sp³-hybridized carbons (Fsp3) is 0.400. The third kappa shape index (κ3) is 1.95. The molecular formula is C15H16N2OS. The first-order chi connectivity index (χ1) is 9.29. The van der Waals surface area contributed by atoms with Crippen molar-refractivity contribution in [3.63, 3.8) is 0 Å². The molecule has 4 rings (SSSR count). The number of carbonyl (C=O) groups excluding carboxylic acids is 1. The van der Waals surface area contributed by atoms with Crippen LogP contribution in [0.1, 0.15) is 23.2 Å². The lowest BCUT2D eigenvalue weighted by Gasteiger charge is -2.25. The molecule has 1 aromatic heterocycles. The van der Waals surface area contributed by atoms with E-state index in [4.69, 9.17) is 0 Å². The van der Waals surface area contributed by atoms with E-state index in [0.29, 0.717) is 0 Å². The van der Waals surface area contributed by atoms with Crippen LogP contribution in [0.25, 0.3) is 10.1 Å². The Morgan fingerprint density at radius 2 is 2.32 bits per heavy atom. The standard InChI is InChI=1S/C15H16N2OS/c18-15(16-14-7-10-3-5-17(14)9-10)12-1-2-13-11(8-12)4-6-19-13/h1-2,4,6,8,10,14H,3,5,7,9H2,(H,16,18)/t10-,14?/m0/s1. The average molecular weight is 272 g/mol. The Kier molecular flexibility index (Phi) is 2.60. The number of nitrogens with zero attached hydrogens (tertiary/aromatic N) is 1. The highest BCUT2D eigenvalue weighted by Gasteiger charge is 2.38. The van der Waals surface area contributed by atoms with E-state index in [1.807, 2.05) is 18.2 Å². The maximum atomic E-state index is 12.3. The Balaban J connectivity index is 1.53. The molecular weight excluding hydrogens is 256 g/mol. The Bertz CT molecular complexity index is 636. The van der Waals surface area contributed by atoms with E-state index in [1.54, 1.807) is 11.3 Å². The second kappa shape index (κ2) is 4.32. The van der Waals surface area contributed by atoms with Gasteiger partial charge in [0.2, 0.25) is 0 Å². The third-order valence-electron chi connectivity index (χ3n) is 4.33. The molecule has 3 nitrogen and oxygen atoms in total. The van der Waals surface area contributed by atoms with Crippen LogP contribution in [0.4, 0.5) is 0 Å². The van der Waals surface area contributed by atoms with E-state index in [2.05, 4.69) is 21.7 Å². The summed E-state index contributed by atoms with van der Waals surface area (Å²) in [6.07, 6.45) is 2.67. The van der Waals surface area contributed by atoms with Crippen LogP contribution in [0.3, 0.4) is 0 Å². The monoisotopic (exact) mass is 272 g/mol. The van der Waals surface area contributed by atoms with Crippen molar-refractivity contribution < 1.29 is 4.79 Å². The number of benzene rings is 1. The second-order valence-corrected chi connectivity index (χ2v) is 6.50. The lowest BCUT2D eigenvalue weighted by atomic mass is 10.0. The molecule has 2 fully saturated rings. The molecule has 19 heavy (non-hydrogen) atoms. The van der Waals surface area contributed by atoms with Gasteiger partial charge in [-0.2, -0.15) is 0 Å². The number of hydrogen-bond acceptors (Lipinski definition) is 3. The SMILES string of the molecule is O=C(NC1C[C@@H]2CCN1C2)c1ccc2sccc2c1. The minimum atomic E-state index is 0.0608. The summed E-state index contributed by atoms with van der Waals surface area (Å²) >= 11 is 1.71. The van der Waals surface area contributed by atoms with Gasteiger partial charge in [0.15, 0.2) is 0 Å². The van der Waals surface area contributed by atoms with Gasteiger partial charge in [-0.25, -0.2) is 0 Å². The molecule has 2 aliphatic heterocycles. The normalized spacial score (nSPS) is 28.9. The van der Waals surface area contributed by atoms with Crippen LogP contribution in [0, 0.1) is 5.92 Å². The molecule has 3 atom stereocenters. The zero-order chi connectivity index (χ0) is 12.8. The van der Waals surface area contributed by atoms with Gasteiger partial charge in [0, 0.05) is 23.4 Å². The number of piperidine rings is 1. The van der Waals surface area contributed by atoms with E-state index >= 15 is 0 Å². The molecule has 2 saturated heterocycles. The molecule has 98 valence electrons. The summed E-state index contributed by atoms with van der Waals surface area (Å²) < 4.78 is 1.24. The molecule has 0 radical (unpaired) electrons. The maximum absolute atomic E-state index is 12.3. The van der Waals surface area contributed by atoms with Crippen molar-refractivity contribution in [2.24, 2.45) is 5.92 Å². The lowest BCUT2D eigenvalue weighted by Crippen LogP contribution is -2.44. The zero-order valence-corrected chi connectivity index (χ0v) is 11.5. The summed E-state index contributed by atoms with van der Waals surface area (Å²) in [4.78, 5) is 14.7. The zero-order valence-electron chi connectivity index (χ0n) is 10.6. The fourth-order valence-electron chi connectivity index (χ4n) is 3.30. The number of fused-ring (bicyclic) bond motifs is 3. The summed E-state index contributed by atoms with van der Waals surface area (Å²) in [7, 11) is 0. The van der Waals surface area contributed by atoms with E-state index in [-0.39, 0.29) is 12.1 Å².